The fraction of sp³-hybridized carbons (Fsp3) is 1.00. The van der Waals surface area contributed by atoms with Gasteiger partial charge in [-0.15, -0.1) is 0 Å². The van der Waals surface area contributed by atoms with Gasteiger partial charge in [-0.3, -0.25) is 0 Å². The molecular formula is C10H21O10SSe+. The second kappa shape index (κ2) is 8.31. The molecule has 1 heterocycles. The molecule has 0 radical (unpaired) electrons. The third-order valence-corrected chi connectivity index (χ3v) is 9.89. The van der Waals surface area contributed by atoms with E-state index in [1.165, 1.54) is 0 Å². The van der Waals surface area contributed by atoms with Gasteiger partial charge in [0, 0.05) is 0 Å². The Bertz CT molecular complexity index is 445. The SMILES string of the molecule is O=S(=O)(O)O[C@@H](CO)[C@H](O)C[Se+]1C[C@@H](O)[C@@H](O)[C@@H]1[C@@H](O)CO. The second-order valence-corrected chi connectivity index (χ2v) is 10.8. The van der Waals surface area contributed by atoms with E-state index < -0.39 is 72.8 Å². The molecule has 0 bridgehead atoms. The Morgan fingerprint density at radius 2 is 1.77 bits per heavy atom. The summed E-state index contributed by atoms with van der Waals surface area (Å²) in [6.07, 6.45) is -6.73. The molecular weight excluding hydrogens is 391 g/mol. The van der Waals surface area contributed by atoms with Crippen molar-refractivity contribution in [1.29, 1.82) is 0 Å². The molecule has 0 aromatic rings. The van der Waals surface area contributed by atoms with Crippen molar-refractivity contribution >= 4 is 24.3 Å². The summed E-state index contributed by atoms with van der Waals surface area (Å²) in [5.41, 5.74) is 0. The van der Waals surface area contributed by atoms with E-state index in [2.05, 4.69) is 4.18 Å². The van der Waals surface area contributed by atoms with Gasteiger partial charge in [0.25, 0.3) is 0 Å². The van der Waals surface area contributed by atoms with Crippen molar-refractivity contribution in [2.45, 2.75) is 46.0 Å². The summed E-state index contributed by atoms with van der Waals surface area (Å²) in [6.45, 7) is -1.51. The molecule has 1 rings (SSSR count). The summed E-state index contributed by atoms with van der Waals surface area (Å²) in [5, 5.41) is 57.2. The number of hydrogen-bond donors (Lipinski definition) is 7. The Kier molecular flexibility index (Phi) is 7.63. The molecule has 1 aliphatic heterocycles. The molecule has 1 fully saturated rings. The third-order valence-electron chi connectivity index (χ3n) is 3.31. The Balaban J connectivity index is 2.77. The zero-order valence-electron chi connectivity index (χ0n) is 11.5. The molecule has 1 aliphatic rings. The van der Waals surface area contributed by atoms with Gasteiger partial charge in [-0.05, 0) is 0 Å². The van der Waals surface area contributed by atoms with Crippen molar-refractivity contribution in [3.05, 3.63) is 0 Å². The average Bonchev–Trinajstić information content (AvgIpc) is 2.69. The Hall–Kier alpha value is 0.149. The minimum atomic E-state index is -4.86. The van der Waals surface area contributed by atoms with Gasteiger partial charge in [-0.2, -0.15) is 0 Å². The molecule has 132 valence electrons. The van der Waals surface area contributed by atoms with Crippen LogP contribution in [0.4, 0.5) is 0 Å². The van der Waals surface area contributed by atoms with E-state index in [0.717, 1.165) is 0 Å². The summed E-state index contributed by atoms with van der Waals surface area (Å²) >= 11 is -2.05. The predicted octanol–water partition coefficient (Wildman–Crippen LogP) is -3.52. The van der Waals surface area contributed by atoms with Crippen LogP contribution in [0.1, 0.15) is 0 Å². The van der Waals surface area contributed by atoms with E-state index in [-0.39, 0.29) is 10.6 Å². The monoisotopic (exact) mass is 413 g/mol. The zero-order chi connectivity index (χ0) is 17.1. The van der Waals surface area contributed by atoms with Gasteiger partial charge in [0.1, 0.15) is 0 Å². The van der Waals surface area contributed by atoms with Crippen molar-refractivity contribution in [3.63, 3.8) is 0 Å². The Morgan fingerprint density at radius 1 is 1.18 bits per heavy atom. The van der Waals surface area contributed by atoms with Crippen LogP contribution in [0.15, 0.2) is 0 Å². The fourth-order valence-electron chi connectivity index (χ4n) is 2.28. The molecule has 12 heteroatoms. The molecule has 1 unspecified atom stereocenters. The number of rotatable bonds is 8. The van der Waals surface area contributed by atoms with Gasteiger partial charge in [0.2, 0.25) is 0 Å². The summed E-state index contributed by atoms with van der Waals surface area (Å²) in [4.78, 5) is -0.806. The normalized spacial score (nSPS) is 33.6. The number of aliphatic hydroxyl groups is 6. The zero-order valence-corrected chi connectivity index (χ0v) is 14.0. The number of aliphatic hydroxyl groups excluding tert-OH is 6. The standard InChI is InChI=1S/C10H20O10SSe/c11-1-5(13)10-9(16)7(15)4-22(10)3-6(14)8(2-12)20-21(17,18)19/h5-16H,1-4H2/p+1/t5-,6+,7+,8-,9+,10-,22?/m0/s1. The summed E-state index contributed by atoms with van der Waals surface area (Å²) in [5.74, 6) is 0. The van der Waals surface area contributed by atoms with Crippen molar-refractivity contribution in [1.82, 2.24) is 0 Å². The molecule has 0 saturated carbocycles. The van der Waals surface area contributed by atoms with Gasteiger partial charge in [0.15, 0.2) is 0 Å². The predicted molar refractivity (Wildman–Crippen MR) is 73.7 cm³/mol. The van der Waals surface area contributed by atoms with Gasteiger partial charge >= 0.3 is 131 Å². The van der Waals surface area contributed by atoms with Gasteiger partial charge < -0.3 is 0 Å². The van der Waals surface area contributed by atoms with E-state index in [1.807, 2.05) is 0 Å². The van der Waals surface area contributed by atoms with Crippen LogP contribution in [-0.2, 0) is 14.6 Å². The third kappa shape index (κ3) is 5.35. The molecule has 0 aromatic carbocycles. The molecule has 22 heavy (non-hydrogen) atoms. The van der Waals surface area contributed by atoms with E-state index >= 15 is 0 Å². The van der Waals surface area contributed by atoms with E-state index in [9.17, 15) is 28.8 Å². The van der Waals surface area contributed by atoms with Gasteiger partial charge in [-0.1, -0.05) is 0 Å². The summed E-state index contributed by atoms with van der Waals surface area (Å²) in [7, 11) is -4.86. The van der Waals surface area contributed by atoms with Crippen LogP contribution in [0, 0.1) is 0 Å². The average molecular weight is 412 g/mol. The van der Waals surface area contributed by atoms with Crippen LogP contribution in [0.5, 0.6) is 0 Å². The maximum absolute atomic E-state index is 10.6. The van der Waals surface area contributed by atoms with Crippen LogP contribution in [0.2, 0.25) is 15.5 Å². The van der Waals surface area contributed by atoms with E-state index in [4.69, 9.17) is 14.8 Å². The van der Waals surface area contributed by atoms with E-state index in [0.29, 0.717) is 0 Å². The molecule has 1 saturated heterocycles. The first-order valence-electron chi connectivity index (χ1n) is 6.36. The van der Waals surface area contributed by atoms with Crippen molar-refractivity contribution in [2.75, 3.05) is 13.2 Å². The second-order valence-electron chi connectivity index (χ2n) is 4.96. The Morgan fingerprint density at radius 3 is 2.23 bits per heavy atom. The summed E-state index contributed by atoms with van der Waals surface area (Å²) < 4.78 is 34.0. The molecule has 0 aromatic heterocycles. The van der Waals surface area contributed by atoms with Gasteiger partial charge in [0.05, 0.1) is 0 Å². The first kappa shape index (κ1) is 20.2. The maximum atomic E-state index is 10.6. The van der Waals surface area contributed by atoms with Crippen LogP contribution < -0.4 is 0 Å². The van der Waals surface area contributed by atoms with Crippen LogP contribution >= 0.6 is 0 Å². The first-order valence-corrected chi connectivity index (χ1v) is 11.1. The van der Waals surface area contributed by atoms with E-state index in [1.54, 1.807) is 0 Å². The quantitative estimate of drug-likeness (QED) is 0.156. The Labute approximate surface area is 131 Å². The topological polar surface area (TPSA) is 185 Å². The number of hydrogen-bond acceptors (Lipinski definition) is 9. The summed E-state index contributed by atoms with van der Waals surface area (Å²) in [6, 6.07) is 0. The molecule has 0 aliphatic carbocycles. The molecule has 0 amide bonds. The van der Waals surface area contributed by atoms with Crippen molar-refractivity contribution in [3.8, 4) is 0 Å². The van der Waals surface area contributed by atoms with Crippen LogP contribution in [0.25, 0.3) is 0 Å². The van der Waals surface area contributed by atoms with Crippen LogP contribution in [0.3, 0.4) is 0 Å². The molecule has 7 N–H and O–H groups in total. The molecule has 0 spiro atoms. The molecule has 10 nitrogen and oxygen atoms in total. The minimum absolute atomic E-state index is 0.101. The van der Waals surface area contributed by atoms with Crippen LogP contribution in [-0.4, -0.2) is 101 Å². The molecule has 7 atom stereocenters. The first-order chi connectivity index (χ1) is 10.1. The van der Waals surface area contributed by atoms with Gasteiger partial charge in [-0.25, -0.2) is 0 Å². The fourth-order valence-corrected chi connectivity index (χ4v) is 9.02. The van der Waals surface area contributed by atoms with Crippen molar-refractivity contribution in [2.24, 2.45) is 0 Å². The van der Waals surface area contributed by atoms with Crippen molar-refractivity contribution < 1.29 is 47.8 Å².